The van der Waals surface area contributed by atoms with Gasteiger partial charge in [0.05, 0.1) is 5.52 Å². The van der Waals surface area contributed by atoms with Gasteiger partial charge in [-0.3, -0.25) is 5.10 Å². The molecule has 0 aliphatic rings. The zero-order valence-electron chi connectivity index (χ0n) is 7.66. The first-order valence-corrected chi connectivity index (χ1v) is 5.27. The van der Waals surface area contributed by atoms with Crippen LogP contribution in [0.1, 0.15) is 0 Å². The van der Waals surface area contributed by atoms with Crippen LogP contribution in [0.3, 0.4) is 0 Å². The second-order valence-electron chi connectivity index (χ2n) is 3.21. The van der Waals surface area contributed by atoms with E-state index in [1.54, 1.807) is 6.20 Å². The van der Waals surface area contributed by atoms with Crippen LogP contribution < -0.4 is 0 Å². The maximum absolute atomic E-state index is 4.21. The van der Waals surface area contributed by atoms with Gasteiger partial charge < -0.3 is 4.98 Å². The summed E-state index contributed by atoms with van der Waals surface area (Å²) in [4.78, 5) is 7.28. The molecule has 4 nitrogen and oxygen atoms in total. The molecule has 2 heterocycles. The lowest BCUT2D eigenvalue weighted by molar-refractivity contribution is 1.10. The summed E-state index contributed by atoms with van der Waals surface area (Å²) in [6, 6.07) is 6.04. The Morgan fingerprint density at radius 1 is 1.27 bits per heavy atom. The van der Waals surface area contributed by atoms with Crippen LogP contribution in [0.5, 0.6) is 0 Å². The molecule has 0 aliphatic heterocycles. The van der Waals surface area contributed by atoms with E-state index in [4.69, 9.17) is 0 Å². The molecule has 0 radical (unpaired) electrons. The van der Waals surface area contributed by atoms with E-state index < -0.39 is 0 Å². The van der Waals surface area contributed by atoms with E-state index in [1.165, 1.54) is 0 Å². The third kappa shape index (κ3) is 1.35. The highest BCUT2D eigenvalue weighted by atomic mass is 79.9. The molecule has 0 fully saturated rings. The summed E-state index contributed by atoms with van der Waals surface area (Å²) in [6.45, 7) is 0. The second kappa shape index (κ2) is 3.20. The fraction of sp³-hybridized carbons (Fsp3) is 0. The average molecular weight is 263 g/mol. The Labute approximate surface area is 93.9 Å². The van der Waals surface area contributed by atoms with Crippen molar-refractivity contribution in [2.45, 2.75) is 0 Å². The fourth-order valence-corrected chi connectivity index (χ4v) is 1.97. The molecule has 2 N–H and O–H groups in total. The molecular weight excluding hydrogens is 256 g/mol. The summed E-state index contributed by atoms with van der Waals surface area (Å²) < 4.78 is 0.825. The van der Waals surface area contributed by atoms with E-state index in [2.05, 4.69) is 36.1 Å². The summed E-state index contributed by atoms with van der Waals surface area (Å²) in [5, 5.41) is 8.07. The van der Waals surface area contributed by atoms with Gasteiger partial charge in [0, 0.05) is 23.3 Å². The zero-order chi connectivity index (χ0) is 10.3. The first kappa shape index (κ1) is 8.67. The molecule has 0 atom stereocenters. The van der Waals surface area contributed by atoms with Crippen molar-refractivity contribution in [1.29, 1.82) is 0 Å². The predicted octanol–water partition coefficient (Wildman–Crippen LogP) is 2.72. The summed E-state index contributed by atoms with van der Waals surface area (Å²) in [5.41, 5.74) is 2.06. The van der Waals surface area contributed by atoms with Crippen LogP contribution >= 0.6 is 15.9 Å². The maximum atomic E-state index is 4.21. The lowest BCUT2D eigenvalue weighted by Crippen LogP contribution is -1.79. The van der Waals surface area contributed by atoms with E-state index in [-0.39, 0.29) is 0 Å². The van der Waals surface area contributed by atoms with Gasteiger partial charge in [-0.1, -0.05) is 0 Å². The Kier molecular flexibility index (Phi) is 1.85. The van der Waals surface area contributed by atoms with Gasteiger partial charge >= 0.3 is 0 Å². The highest BCUT2D eigenvalue weighted by Gasteiger charge is 2.05. The number of benzene rings is 1. The van der Waals surface area contributed by atoms with Crippen molar-refractivity contribution in [1.82, 2.24) is 20.2 Å². The molecule has 0 amide bonds. The number of nitrogens with zero attached hydrogens (tertiary/aromatic N) is 2. The van der Waals surface area contributed by atoms with Crippen molar-refractivity contribution < 1.29 is 0 Å². The van der Waals surface area contributed by atoms with Crippen LogP contribution in [0.25, 0.3) is 22.3 Å². The molecule has 74 valence electrons. The monoisotopic (exact) mass is 262 g/mol. The van der Waals surface area contributed by atoms with Gasteiger partial charge in [-0.05, 0) is 34.1 Å². The van der Waals surface area contributed by atoms with Crippen molar-refractivity contribution >= 4 is 26.8 Å². The van der Waals surface area contributed by atoms with Crippen LogP contribution in [-0.4, -0.2) is 20.2 Å². The van der Waals surface area contributed by atoms with Crippen molar-refractivity contribution in [2.24, 2.45) is 0 Å². The minimum Gasteiger partial charge on any atom is -0.345 e. The molecule has 0 bridgehead atoms. The van der Waals surface area contributed by atoms with Gasteiger partial charge in [0.25, 0.3) is 0 Å². The first-order valence-electron chi connectivity index (χ1n) is 4.48. The summed E-state index contributed by atoms with van der Waals surface area (Å²) in [5.74, 6) is 0.866. The smallest absolute Gasteiger partial charge is 0.137 e. The average Bonchev–Trinajstić information content (AvgIpc) is 2.88. The summed E-state index contributed by atoms with van der Waals surface area (Å²) >= 11 is 3.39. The number of hydrogen-bond donors (Lipinski definition) is 2. The van der Waals surface area contributed by atoms with Crippen molar-refractivity contribution in [2.75, 3.05) is 0 Å². The predicted molar refractivity (Wildman–Crippen MR) is 61.4 cm³/mol. The highest BCUT2D eigenvalue weighted by molar-refractivity contribution is 9.10. The number of H-pyrrole nitrogens is 2. The van der Waals surface area contributed by atoms with E-state index in [9.17, 15) is 0 Å². The molecule has 0 saturated heterocycles. The van der Waals surface area contributed by atoms with Crippen molar-refractivity contribution in [3.05, 3.63) is 35.2 Å². The molecule has 2 aromatic heterocycles. The van der Waals surface area contributed by atoms with E-state index >= 15 is 0 Å². The van der Waals surface area contributed by atoms with E-state index in [0.717, 1.165) is 26.9 Å². The van der Waals surface area contributed by atoms with Gasteiger partial charge in [-0.15, -0.1) is 0 Å². The summed E-state index contributed by atoms with van der Waals surface area (Å²) in [7, 11) is 0. The largest absolute Gasteiger partial charge is 0.345 e. The molecular formula is C10H7BrN4. The number of halogens is 1. The molecule has 3 aromatic rings. The van der Waals surface area contributed by atoms with E-state index in [1.807, 2.05) is 24.4 Å². The van der Waals surface area contributed by atoms with Gasteiger partial charge in [-0.25, -0.2) is 4.98 Å². The molecule has 1 aromatic carbocycles. The number of fused-ring (bicyclic) bond motifs is 1. The van der Waals surface area contributed by atoms with Gasteiger partial charge in [0.15, 0.2) is 0 Å². The quantitative estimate of drug-likeness (QED) is 0.709. The normalized spacial score (nSPS) is 11.0. The second-order valence-corrected chi connectivity index (χ2v) is 3.96. The Bertz CT molecular complexity index is 597. The molecule has 3 rings (SSSR count). The molecule has 0 aliphatic carbocycles. The van der Waals surface area contributed by atoms with Crippen LogP contribution in [-0.2, 0) is 0 Å². The van der Waals surface area contributed by atoms with Crippen molar-refractivity contribution in [3.63, 3.8) is 0 Å². The topological polar surface area (TPSA) is 57.4 Å². The SMILES string of the molecule is Brc1n[nH]c2ccc(-c3ncc[nH]3)cc12. The number of aromatic amines is 2. The number of rotatable bonds is 1. The third-order valence-corrected chi connectivity index (χ3v) is 2.89. The lowest BCUT2D eigenvalue weighted by Gasteiger charge is -1.96. The lowest BCUT2D eigenvalue weighted by atomic mass is 10.1. The number of nitrogens with one attached hydrogen (secondary N) is 2. The van der Waals surface area contributed by atoms with Crippen LogP contribution in [0.15, 0.2) is 35.2 Å². The van der Waals surface area contributed by atoms with Gasteiger partial charge in [0.1, 0.15) is 10.4 Å². The number of aromatic nitrogens is 4. The fourth-order valence-electron chi connectivity index (χ4n) is 1.55. The Morgan fingerprint density at radius 2 is 2.20 bits per heavy atom. The van der Waals surface area contributed by atoms with Crippen LogP contribution in [0.2, 0.25) is 0 Å². The molecule has 0 saturated carbocycles. The maximum Gasteiger partial charge on any atom is 0.137 e. The van der Waals surface area contributed by atoms with Crippen LogP contribution in [0.4, 0.5) is 0 Å². The third-order valence-electron chi connectivity index (χ3n) is 2.29. The highest BCUT2D eigenvalue weighted by Crippen LogP contribution is 2.25. The standard InChI is InChI=1S/C10H7BrN4/c11-9-7-5-6(10-12-3-4-13-10)1-2-8(7)14-15-9/h1-5H,(H,12,13)(H,14,15). The number of imidazole rings is 1. The van der Waals surface area contributed by atoms with Gasteiger partial charge in [0.2, 0.25) is 0 Å². The summed E-state index contributed by atoms with van der Waals surface area (Å²) in [6.07, 6.45) is 3.55. The van der Waals surface area contributed by atoms with E-state index in [0.29, 0.717) is 0 Å². The zero-order valence-corrected chi connectivity index (χ0v) is 9.25. The molecule has 0 spiro atoms. The Morgan fingerprint density at radius 3 is 3.00 bits per heavy atom. The Balaban J connectivity index is 2.25. The molecule has 15 heavy (non-hydrogen) atoms. The van der Waals surface area contributed by atoms with Gasteiger partial charge in [-0.2, -0.15) is 5.10 Å². The molecule has 0 unspecified atom stereocenters. The molecule has 5 heteroatoms. The van der Waals surface area contributed by atoms with Crippen molar-refractivity contribution in [3.8, 4) is 11.4 Å². The first-order chi connectivity index (χ1) is 7.34. The minimum atomic E-state index is 0.825. The Hall–Kier alpha value is -1.62. The minimum absolute atomic E-state index is 0.825. The van der Waals surface area contributed by atoms with Crippen LogP contribution in [0, 0.1) is 0 Å². The number of hydrogen-bond acceptors (Lipinski definition) is 2.